The topological polar surface area (TPSA) is 82.9 Å². The van der Waals surface area contributed by atoms with E-state index in [1.54, 1.807) is 28.9 Å². The molecule has 26 heavy (non-hydrogen) atoms. The van der Waals surface area contributed by atoms with E-state index >= 15 is 0 Å². The largest absolute Gasteiger partial charge is 0.379 e. The van der Waals surface area contributed by atoms with Gasteiger partial charge in [-0.2, -0.15) is 0 Å². The molecular formula is C16H21ClN6O2S. The average Bonchev–Trinajstić information content (AvgIpc) is 3.07. The third-order valence-electron chi connectivity index (χ3n) is 3.98. The fraction of sp³-hybridized carbons (Fsp3) is 0.438. The van der Waals surface area contributed by atoms with Crippen LogP contribution in [0.5, 0.6) is 0 Å². The second-order valence-electron chi connectivity index (χ2n) is 5.88. The monoisotopic (exact) mass is 396 g/mol. The van der Waals surface area contributed by atoms with Gasteiger partial charge >= 0.3 is 0 Å². The molecule has 1 amide bonds. The SMILES string of the molecule is O=C(NNC(=S)NCCCN1CCOCC1)c1cn2ccc(Cl)cc2n1. The molecule has 1 aliphatic heterocycles. The van der Waals surface area contributed by atoms with Gasteiger partial charge in [0.25, 0.3) is 5.91 Å². The lowest BCUT2D eigenvalue weighted by Crippen LogP contribution is -2.47. The Bertz CT molecular complexity index is 777. The predicted molar refractivity (Wildman–Crippen MR) is 103 cm³/mol. The molecule has 2 aromatic heterocycles. The summed E-state index contributed by atoms with van der Waals surface area (Å²) in [5.74, 6) is -0.373. The number of amides is 1. The molecule has 0 aliphatic carbocycles. The van der Waals surface area contributed by atoms with E-state index in [0.717, 1.165) is 45.8 Å². The van der Waals surface area contributed by atoms with E-state index in [2.05, 4.69) is 26.1 Å². The first-order valence-corrected chi connectivity index (χ1v) is 9.19. The van der Waals surface area contributed by atoms with Crippen molar-refractivity contribution < 1.29 is 9.53 Å². The summed E-state index contributed by atoms with van der Waals surface area (Å²) in [4.78, 5) is 18.7. The predicted octanol–water partition coefficient (Wildman–Crippen LogP) is 0.819. The molecule has 0 saturated carbocycles. The van der Waals surface area contributed by atoms with Crippen LogP contribution in [0, 0.1) is 0 Å². The summed E-state index contributed by atoms with van der Waals surface area (Å²) >= 11 is 11.1. The zero-order chi connectivity index (χ0) is 18.4. The van der Waals surface area contributed by atoms with Crippen molar-refractivity contribution in [2.24, 2.45) is 0 Å². The van der Waals surface area contributed by atoms with Crippen LogP contribution in [0.4, 0.5) is 0 Å². The third-order valence-corrected chi connectivity index (χ3v) is 4.47. The number of nitrogens with zero attached hydrogens (tertiary/aromatic N) is 3. The van der Waals surface area contributed by atoms with Crippen LogP contribution in [0.25, 0.3) is 5.65 Å². The molecule has 8 nitrogen and oxygen atoms in total. The first kappa shape index (κ1) is 18.8. The van der Waals surface area contributed by atoms with E-state index in [9.17, 15) is 4.79 Å². The zero-order valence-electron chi connectivity index (χ0n) is 14.2. The Morgan fingerprint density at radius 3 is 2.96 bits per heavy atom. The minimum Gasteiger partial charge on any atom is -0.379 e. The molecule has 3 heterocycles. The Morgan fingerprint density at radius 1 is 1.35 bits per heavy atom. The van der Waals surface area contributed by atoms with Crippen molar-refractivity contribution in [3.8, 4) is 0 Å². The third kappa shape index (κ3) is 5.28. The number of fused-ring (bicyclic) bond motifs is 1. The van der Waals surface area contributed by atoms with Crippen molar-refractivity contribution in [2.45, 2.75) is 6.42 Å². The Labute approximate surface area is 161 Å². The van der Waals surface area contributed by atoms with E-state index in [1.807, 2.05) is 0 Å². The van der Waals surface area contributed by atoms with Crippen molar-refractivity contribution in [2.75, 3.05) is 39.4 Å². The van der Waals surface area contributed by atoms with Crippen LogP contribution in [-0.2, 0) is 4.74 Å². The summed E-state index contributed by atoms with van der Waals surface area (Å²) in [5, 5.41) is 4.00. The van der Waals surface area contributed by atoms with Crippen LogP contribution in [0.3, 0.4) is 0 Å². The molecular weight excluding hydrogens is 376 g/mol. The molecule has 3 N–H and O–H groups in total. The first-order valence-electron chi connectivity index (χ1n) is 8.40. The lowest BCUT2D eigenvalue weighted by molar-refractivity contribution is 0.0376. The number of rotatable bonds is 5. The van der Waals surface area contributed by atoms with Gasteiger partial charge in [0.2, 0.25) is 0 Å². The highest BCUT2D eigenvalue weighted by Gasteiger charge is 2.12. The van der Waals surface area contributed by atoms with Gasteiger partial charge in [0.05, 0.1) is 13.2 Å². The number of carbonyl (C=O) groups excluding carboxylic acids is 1. The number of pyridine rings is 1. The molecule has 2 aromatic rings. The fourth-order valence-electron chi connectivity index (χ4n) is 2.62. The summed E-state index contributed by atoms with van der Waals surface area (Å²) in [6, 6.07) is 3.42. The molecule has 1 fully saturated rings. The van der Waals surface area contributed by atoms with Gasteiger partial charge in [0.1, 0.15) is 11.3 Å². The molecule has 140 valence electrons. The van der Waals surface area contributed by atoms with Crippen molar-refractivity contribution >= 4 is 40.5 Å². The molecule has 0 radical (unpaired) electrons. The van der Waals surface area contributed by atoms with Gasteiger partial charge in [-0.25, -0.2) is 4.98 Å². The van der Waals surface area contributed by atoms with Gasteiger partial charge in [-0.3, -0.25) is 20.5 Å². The highest BCUT2D eigenvalue weighted by molar-refractivity contribution is 7.80. The number of halogens is 1. The van der Waals surface area contributed by atoms with Crippen LogP contribution < -0.4 is 16.2 Å². The number of nitrogens with one attached hydrogen (secondary N) is 3. The van der Waals surface area contributed by atoms with Crippen molar-refractivity contribution in [1.82, 2.24) is 30.5 Å². The summed E-state index contributed by atoms with van der Waals surface area (Å²) in [6.45, 7) is 5.27. The van der Waals surface area contributed by atoms with Gasteiger partial charge < -0.3 is 14.5 Å². The quantitative estimate of drug-likeness (QED) is 0.392. The van der Waals surface area contributed by atoms with Crippen molar-refractivity contribution in [3.63, 3.8) is 0 Å². The highest BCUT2D eigenvalue weighted by atomic mass is 35.5. The summed E-state index contributed by atoms with van der Waals surface area (Å²) in [6.07, 6.45) is 4.33. The first-order chi connectivity index (χ1) is 12.6. The fourth-order valence-corrected chi connectivity index (χ4v) is 2.92. The Kier molecular flexibility index (Phi) is 6.62. The number of hydrogen-bond donors (Lipinski definition) is 3. The Balaban J connectivity index is 1.37. The Hall–Kier alpha value is -1.94. The van der Waals surface area contributed by atoms with E-state index < -0.39 is 0 Å². The lowest BCUT2D eigenvalue weighted by Gasteiger charge is -2.26. The number of hydrazine groups is 1. The minimum absolute atomic E-state index is 0.273. The molecule has 0 aromatic carbocycles. The van der Waals surface area contributed by atoms with Crippen molar-refractivity contribution in [1.29, 1.82) is 0 Å². The molecule has 0 unspecified atom stereocenters. The average molecular weight is 397 g/mol. The zero-order valence-corrected chi connectivity index (χ0v) is 15.8. The van der Waals surface area contributed by atoms with Gasteiger partial charge in [-0.05, 0) is 31.2 Å². The molecule has 10 heteroatoms. The molecule has 3 rings (SSSR count). The van der Waals surface area contributed by atoms with E-state index in [4.69, 9.17) is 28.6 Å². The van der Waals surface area contributed by atoms with Gasteiger partial charge in [-0.15, -0.1) is 0 Å². The van der Waals surface area contributed by atoms with E-state index in [0.29, 0.717) is 15.8 Å². The molecule has 0 spiro atoms. The standard InChI is InChI=1S/C16H21ClN6O2S/c17-12-2-5-23-11-13(19-14(23)10-12)15(24)20-21-16(26)18-3-1-4-22-6-8-25-9-7-22/h2,5,10-11H,1,3-4,6-9H2,(H,20,24)(H2,18,21,26). The summed E-state index contributed by atoms with van der Waals surface area (Å²) in [5.41, 5.74) is 6.10. The van der Waals surface area contributed by atoms with Crippen LogP contribution >= 0.6 is 23.8 Å². The summed E-state index contributed by atoms with van der Waals surface area (Å²) in [7, 11) is 0. The highest BCUT2D eigenvalue weighted by Crippen LogP contribution is 2.12. The lowest BCUT2D eigenvalue weighted by atomic mass is 10.3. The molecule has 0 atom stereocenters. The maximum atomic E-state index is 12.2. The smallest absolute Gasteiger partial charge is 0.289 e. The number of thiocarbonyl (C=S) groups is 1. The number of aromatic nitrogens is 2. The van der Waals surface area contributed by atoms with Crippen LogP contribution in [0.15, 0.2) is 24.5 Å². The number of imidazole rings is 1. The molecule has 1 aliphatic rings. The van der Waals surface area contributed by atoms with Gasteiger partial charge in [0.15, 0.2) is 5.11 Å². The number of hydrogen-bond acceptors (Lipinski definition) is 5. The Morgan fingerprint density at radius 2 is 2.15 bits per heavy atom. The normalized spacial score (nSPS) is 15.0. The summed E-state index contributed by atoms with van der Waals surface area (Å²) < 4.78 is 7.04. The maximum Gasteiger partial charge on any atom is 0.289 e. The number of ether oxygens (including phenoxy) is 1. The second-order valence-corrected chi connectivity index (χ2v) is 6.72. The van der Waals surface area contributed by atoms with E-state index in [1.165, 1.54) is 0 Å². The second kappa shape index (κ2) is 9.13. The van der Waals surface area contributed by atoms with Crippen LogP contribution in [-0.4, -0.2) is 64.7 Å². The van der Waals surface area contributed by atoms with Crippen LogP contribution in [0.1, 0.15) is 16.9 Å². The van der Waals surface area contributed by atoms with Crippen molar-refractivity contribution in [3.05, 3.63) is 35.2 Å². The number of morpholine rings is 1. The molecule has 0 bridgehead atoms. The van der Waals surface area contributed by atoms with Gasteiger partial charge in [-0.1, -0.05) is 11.6 Å². The maximum absolute atomic E-state index is 12.2. The van der Waals surface area contributed by atoms with Crippen LogP contribution in [0.2, 0.25) is 5.02 Å². The molecule has 1 saturated heterocycles. The van der Waals surface area contributed by atoms with E-state index in [-0.39, 0.29) is 11.6 Å². The number of carbonyl (C=O) groups is 1. The van der Waals surface area contributed by atoms with Gasteiger partial charge in [0, 0.05) is 43.1 Å². The minimum atomic E-state index is -0.373.